The van der Waals surface area contributed by atoms with Crippen LogP contribution >= 0.6 is 11.6 Å². The Morgan fingerprint density at radius 1 is 1.00 bits per heavy atom. The summed E-state index contributed by atoms with van der Waals surface area (Å²) in [7, 11) is 0. The SMILES string of the molecule is Cc1ccc(C#Cc2ccc(Cl)cn2)cc1. The molecule has 1 nitrogen and oxygen atoms in total. The summed E-state index contributed by atoms with van der Waals surface area (Å²) in [6, 6.07) is 11.7. The molecule has 0 aliphatic rings. The molecule has 1 aromatic carbocycles. The van der Waals surface area contributed by atoms with Crippen molar-refractivity contribution in [3.63, 3.8) is 0 Å². The highest BCUT2D eigenvalue weighted by Crippen LogP contribution is 2.06. The van der Waals surface area contributed by atoms with Gasteiger partial charge in [0, 0.05) is 11.8 Å². The van der Waals surface area contributed by atoms with Crippen molar-refractivity contribution in [1.29, 1.82) is 0 Å². The summed E-state index contributed by atoms with van der Waals surface area (Å²) in [5.41, 5.74) is 2.95. The standard InChI is InChI=1S/C14H10ClN/c1-11-2-4-12(5-3-11)6-8-14-9-7-13(15)10-16-14/h2-5,7,9-10H,1H3. The molecule has 0 aliphatic carbocycles. The molecule has 78 valence electrons. The fourth-order valence-corrected chi connectivity index (χ4v) is 1.33. The van der Waals surface area contributed by atoms with E-state index in [0.717, 1.165) is 11.3 Å². The van der Waals surface area contributed by atoms with Gasteiger partial charge >= 0.3 is 0 Å². The maximum absolute atomic E-state index is 5.74. The summed E-state index contributed by atoms with van der Waals surface area (Å²) in [5, 5.41) is 0.626. The van der Waals surface area contributed by atoms with Gasteiger partial charge in [0.2, 0.25) is 0 Å². The summed E-state index contributed by atoms with van der Waals surface area (Å²) >= 11 is 5.74. The van der Waals surface area contributed by atoms with Gasteiger partial charge in [0.05, 0.1) is 5.02 Å². The van der Waals surface area contributed by atoms with Gasteiger partial charge in [-0.3, -0.25) is 0 Å². The first-order valence-electron chi connectivity index (χ1n) is 4.94. The predicted molar refractivity (Wildman–Crippen MR) is 66.4 cm³/mol. The molecule has 0 saturated heterocycles. The second-order valence-electron chi connectivity index (χ2n) is 3.48. The Morgan fingerprint density at radius 2 is 1.75 bits per heavy atom. The molecule has 0 radical (unpaired) electrons. The van der Waals surface area contributed by atoms with E-state index in [2.05, 4.69) is 23.7 Å². The fourth-order valence-electron chi connectivity index (χ4n) is 1.22. The third kappa shape index (κ3) is 2.85. The minimum atomic E-state index is 0.626. The van der Waals surface area contributed by atoms with Gasteiger partial charge in [0.1, 0.15) is 5.69 Å². The summed E-state index contributed by atoms with van der Waals surface area (Å²) in [6.07, 6.45) is 1.60. The Balaban J connectivity index is 2.21. The van der Waals surface area contributed by atoms with Gasteiger partial charge in [-0.05, 0) is 37.1 Å². The molecular formula is C14H10ClN. The molecule has 0 N–H and O–H groups in total. The zero-order valence-corrected chi connectivity index (χ0v) is 9.62. The lowest BCUT2D eigenvalue weighted by molar-refractivity contribution is 1.29. The number of hydrogen-bond donors (Lipinski definition) is 0. The van der Waals surface area contributed by atoms with Crippen molar-refractivity contribution in [1.82, 2.24) is 4.98 Å². The lowest BCUT2D eigenvalue weighted by Gasteiger charge is -1.92. The maximum Gasteiger partial charge on any atom is 0.113 e. The van der Waals surface area contributed by atoms with E-state index in [9.17, 15) is 0 Å². The fraction of sp³-hybridized carbons (Fsp3) is 0.0714. The number of aryl methyl sites for hydroxylation is 1. The van der Waals surface area contributed by atoms with Crippen molar-refractivity contribution < 1.29 is 0 Å². The molecule has 2 heteroatoms. The molecule has 16 heavy (non-hydrogen) atoms. The van der Waals surface area contributed by atoms with Crippen LogP contribution in [0.15, 0.2) is 42.6 Å². The second kappa shape index (κ2) is 4.83. The summed E-state index contributed by atoms with van der Waals surface area (Å²) in [5.74, 6) is 6.04. The molecule has 0 aliphatic heterocycles. The monoisotopic (exact) mass is 227 g/mol. The normalized spacial score (nSPS) is 9.38. The van der Waals surface area contributed by atoms with Crippen LogP contribution in [0.4, 0.5) is 0 Å². The Labute approximate surface area is 100 Å². The Morgan fingerprint density at radius 3 is 2.38 bits per heavy atom. The van der Waals surface area contributed by atoms with Crippen molar-refractivity contribution >= 4 is 11.6 Å². The highest BCUT2D eigenvalue weighted by Gasteiger charge is 1.89. The van der Waals surface area contributed by atoms with Gasteiger partial charge in [0.15, 0.2) is 0 Å². The number of halogens is 1. The minimum Gasteiger partial charge on any atom is -0.246 e. The summed E-state index contributed by atoms with van der Waals surface area (Å²) < 4.78 is 0. The van der Waals surface area contributed by atoms with Crippen molar-refractivity contribution in [2.75, 3.05) is 0 Å². The second-order valence-corrected chi connectivity index (χ2v) is 3.91. The van der Waals surface area contributed by atoms with E-state index in [1.807, 2.05) is 30.3 Å². The number of pyridine rings is 1. The number of rotatable bonds is 0. The van der Waals surface area contributed by atoms with Crippen molar-refractivity contribution in [3.8, 4) is 11.8 Å². The first-order chi connectivity index (χ1) is 7.74. The van der Waals surface area contributed by atoms with E-state index in [1.54, 1.807) is 12.3 Å². The van der Waals surface area contributed by atoms with E-state index in [-0.39, 0.29) is 0 Å². The van der Waals surface area contributed by atoms with Gasteiger partial charge < -0.3 is 0 Å². The van der Waals surface area contributed by atoms with Crippen LogP contribution in [0.25, 0.3) is 0 Å². The van der Waals surface area contributed by atoms with Crippen LogP contribution in [0, 0.1) is 18.8 Å². The Bertz CT molecular complexity index is 480. The number of aromatic nitrogens is 1. The zero-order valence-electron chi connectivity index (χ0n) is 8.87. The van der Waals surface area contributed by atoms with Crippen molar-refractivity contribution in [2.24, 2.45) is 0 Å². The molecule has 0 fully saturated rings. The van der Waals surface area contributed by atoms with Crippen LogP contribution in [0.3, 0.4) is 0 Å². The van der Waals surface area contributed by atoms with Crippen LogP contribution in [0.2, 0.25) is 5.02 Å². The maximum atomic E-state index is 5.74. The molecule has 1 heterocycles. The van der Waals surface area contributed by atoms with Crippen LogP contribution in [0.5, 0.6) is 0 Å². The molecule has 0 unspecified atom stereocenters. The topological polar surface area (TPSA) is 12.9 Å². The third-order valence-corrected chi connectivity index (χ3v) is 2.34. The highest BCUT2D eigenvalue weighted by atomic mass is 35.5. The molecule has 0 bridgehead atoms. The average Bonchev–Trinajstić information content (AvgIpc) is 2.30. The van der Waals surface area contributed by atoms with Crippen molar-refractivity contribution in [2.45, 2.75) is 6.92 Å². The Hall–Kier alpha value is -1.78. The minimum absolute atomic E-state index is 0.626. The molecule has 2 aromatic rings. The molecule has 1 aromatic heterocycles. The molecule has 0 amide bonds. The van der Waals surface area contributed by atoms with Crippen LogP contribution in [-0.2, 0) is 0 Å². The van der Waals surface area contributed by atoms with E-state index in [4.69, 9.17) is 11.6 Å². The van der Waals surface area contributed by atoms with Crippen molar-refractivity contribution in [3.05, 3.63) is 64.4 Å². The smallest absolute Gasteiger partial charge is 0.113 e. The molecule has 2 rings (SSSR count). The lowest BCUT2D eigenvalue weighted by atomic mass is 10.1. The van der Waals surface area contributed by atoms with Crippen LogP contribution in [-0.4, -0.2) is 4.98 Å². The van der Waals surface area contributed by atoms with Gasteiger partial charge in [0.25, 0.3) is 0 Å². The average molecular weight is 228 g/mol. The van der Waals surface area contributed by atoms with E-state index in [0.29, 0.717) is 5.02 Å². The third-order valence-electron chi connectivity index (χ3n) is 2.11. The largest absolute Gasteiger partial charge is 0.246 e. The molecule has 0 saturated carbocycles. The van der Waals surface area contributed by atoms with Gasteiger partial charge in [-0.1, -0.05) is 35.2 Å². The number of hydrogen-bond acceptors (Lipinski definition) is 1. The van der Waals surface area contributed by atoms with Crippen LogP contribution in [0.1, 0.15) is 16.8 Å². The first kappa shape index (κ1) is 10.7. The highest BCUT2D eigenvalue weighted by molar-refractivity contribution is 6.30. The molecule has 0 atom stereocenters. The van der Waals surface area contributed by atoms with Gasteiger partial charge in [-0.25, -0.2) is 4.98 Å². The number of benzene rings is 1. The summed E-state index contributed by atoms with van der Waals surface area (Å²) in [6.45, 7) is 2.05. The van der Waals surface area contributed by atoms with E-state index < -0.39 is 0 Å². The first-order valence-corrected chi connectivity index (χ1v) is 5.32. The lowest BCUT2D eigenvalue weighted by Crippen LogP contribution is -1.81. The quantitative estimate of drug-likeness (QED) is 0.629. The van der Waals surface area contributed by atoms with E-state index in [1.165, 1.54) is 5.56 Å². The van der Waals surface area contributed by atoms with Gasteiger partial charge in [-0.15, -0.1) is 0 Å². The van der Waals surface area contributed by atoms with Crippen LogP contribution < -0.4 is 0 Å². The number of nitrogens with zero attached hydrogens (tertiary/aromatic N) is 1. The summed E-state index contributed by atoms with van der Waals surface area (Å²) in [4.78, 5) is 4.11. The van der Waals surface area contributed by atoms with E-state index >= 15 is 0 Å². The predicted octanol–water partition coefficient (Wildman–Crippen LogP) is 3.44. The van der Waals surface area contributed by atoms with Gasteiger partial charge in [-0.2, -0.15) is 0 Å². The zero-order chi connectivity index (χ0) is 11.4. The molecular weight excluding hydrogens is 218 g/mol. The Kier molecular flexibility index (Phi) is 3.24. The molecule has 0 spiro atoms.